The predicted octanol–water partition coefficient (Wildman–Crippen LogP) is 0.595. The second-order valence-corrected chi connectivity index (χ2v) is 5.32. The van der Waals surface area contributed by atoms with Gasteiger partial charge in [0.15, 0.2) is 0 Å². The van der Waals surface area contributed by atoms with Gasteiger partial charge in [0.2, 0.25) is 0 Å². The molecule has 7 heteroatoms. The Hall–Kier alpha value is -1.50. The van der Waals surface area contributed by atoms with Crippen LogP contribution in [0.5, 0.6) is 0 Å². The van der Waals surface area contributed by atoms with Gasteiger partial charge in [-0.1, -0.05) is 0 Å². The lowest BCUT2D eigenvalue weighted by molar-refractivity contribution is -0.131. The second kappa shape index (κ2) is 6.95. The van der Waals surface area contributed by atoms with E-state index < -0.39 is 17.9 Å². The molecule has 6 nitrogen and oxygen atoms in total. The number of carbonyl (C=O) groups is 3. The lowest BCUT2D eigenvalue weighted by Crippen LogP contribution is -2.43. The Morgan fingerprint density at radius 3 is 2.35 bits per heavy atom. The van der Waals surface area contributed by atoms with Crippen LogP contribution in [0, 0.1) is 0 Å². The number of carbonyl (C=O) groups excluding carboxylic acids is 2. The van der Waals surface area contributed by atoms with Crippen molar-refractivity contribution in [2.75, 3.05) is 12.8 Å². The summed E-state index contributed by atoms with van der Waals surface area (Å²) in [7, 11) is 0. The van der Waals surface area contributed by atoms with Gasteiger partial charge in [-0.05, 0) is 20.1 Å². The highest BCUT2D eigenvalue weighted by Crippen LogP contribution is 2.19. The average Bonchev–Trinajstić information content (AvgIpc) is 2.24. The van der Waals surface area contributed by atoms with E-state index in [2.05, 4.69) is 5.32 Å². The van der Waals surface area contributed by atoms with Crippen molar-refractivity contribution < 1.29 is 19.5 Å². The molecule has 0 spiro atoms. The first-order chi connectivity index (χ1) is 7.76. The standard InChI is InChI=1S/C10H16N2O4S/c1-10(2,17-3)6-11-9(16)12-7(13)4-5-8(14)15/h4-5H,6H2,1-3H3,(H,14,15)(H2,11,12,13,16)/b5-4+. The molecule has 0 aromatic carbocycles. The molecule has 0 rings (SSSR count). The minimum absolute atomic E-state index is 0.128. The van der Waals surface area contributed by atoms with E-state index in [0.717, 1.165) is 6.08 Å². The molecule has 0 fully saturated rings. The molecule has 0 saturated heterocycles. The zero-order valence-corrected chi connectivity index (χ0v) is 10.8. The smallest absolute Gasteiger partial charge is 0.328 e. The van der Waals surface area contributed by atoms with Gasteiger partial charge < -0.3 is 10.4 Å². The van der Waals surface area contributed by atoms with Crippen molar-refractivity contribution in [3.8, 4) is 0 Å². The van der Waals surface area contributed by atoms with Crippen LogP contribution in [0.25, 0.3) is 0 Å². The first-order valence-corrected chi connectivity index (χ1v) is 6.04. The third-order valence-corrected chi connectivity index (χ3v) is 3.09. The van der Waals surface area contributed by atoms with Crippen molar-refractivity contribution in [3.05, 3.63) is 12.2 Å². The molecule has 0 radical (unpaired) electrons. The second-order valence-electron chi connectivity index (χ2n) is 3.81. The normalized spacial score (nSPS) is 11.2. The number of rotatable bonds is 5. The molecule has 17 heavy (non-hydrogen) atoms. The van der Waals surface area contributed by atoms with E-state index >= 15 is 0 Å². The molecule has 96 valence electrons. The van der Waals surface area contributed by atoms with Gasteiger partial charge in [-0.2, -0.15) is 11.8 Å². The minimum atomic E-state index is -1.25. The van der Waals surface area contributed by atoms with E-state index in [4.69, 9.17) is 5.11 Å². The molecular weight excluding hydrogens is 244 g/mol. The molecule has 0 aromatic heterocycles. The third kappa shape index (κ3) is 8.32. The Labute approximate surface area is 104 Å². The topological polar surface area (TPSA) is 95.5 Å². The number of hydrogen-bond acceptors (Lipinski definition) is 4. The molecule has 0 saturated carbocycles. The summed E-state index contributed by atoms with van der Waals surface area (Å²) < 4.78 is -0.128. The van der Waals surface area contributed by atoms with Crippen LogP contribution in [-0.2, 0) is 9.59 Å². The van der Waals surface area contributed by atoms with Crippen molar-refractivity contribution in [2.24, 2.45) is 0 Å². The van der Waals surface area contributed by atoms with E-state index in [1.807, 2.05) is 25.4 Å². The van der Waals surface area contributed by atoms with E-state index in [1.165, 1.54) is 0 Å². The molecular formula is C10H16N2O4S. The van der Waals surface area contributed by atoms with E-state index in [0.29, 0.717) is 12.6 Å². The Bertz CT molecular complexity index is 339. The number of thioether (sulfide) groups is 1. The zero-order valence-electron chi connectivity index (χ0n) is 9.94. The van der Waals surface area contributed by atoms with Crippen molar-refractivity contribution in [3.63, 3.8) is 0 Å². The fourth-order valence-corrected chi connectivity index (χ4v) is 0.927. The van der Waals surface area contributed by atoms with Crippen LogP contribution in [0.4, 0.5) is 4.79 Å². The van der Waals surface area contributed by atoms with Crippen molar-refractivity contribution in [2.45, 2.75) is 18.6 Å². The van der Waals surface area contributed by atoms with Gasteiger partial charge >= 0.3 is 12.0 Å². The maximum Gasteiger partial charge on any atom is 0.328 e. The fraction of sp³-hybridized carbons (Fsp3) is 0.500. The highest BCUT2D eigenvalue weighted by atomic mass is 32.2. The van der Waals surface area contributed by atoms with Crippen LogP contribution in [0.2, 0.25) is 0 Å². The van der Waals surface area contributed by atoms with Gasteiger partial charge in [0.05, 0.1) is 0 Å². The number of nitrogens with one attached hydrogen (secondary N) is 2. The minimum Gasteiger partial charge on any atom is -0.478 e. The summed E-state index contributed by atoms with van der Waals surface area (Å²) in [6.07, 6.45) is 3.36. The Balaban J connectivity index is 4.03. The molecule has 0 atom stereocenters. The first kappa shape index (κ1) is 15.5. The summed E-state index contributed by atoms with van der Waals surface area (Å²) in [5.41, 5.74) is 0. The van der Waals surface area contributed by atoms with Crippen LogP contribution in [0.15, 0.2) is 12.2 Å². The molecule has 0 aromatic rings. The Morgan fingerprint density at radius 2 is 1.88 bits per heavy atom. The van der Waals surface area contributed by atoms with E-state index in [-0.39, 0.29) is 4.75 Å². The largest absolute Gasteiger partial charge is 0.478 e. The number of hydrogen-bond donors (Lipinski definition) is 3. The van der Waals surface area contributed by atoms with Crippen molar-refractivity contribution >= 4 is 29.7 Å². The zero-order chi connectivity index (χ0) is 13.5. The van der Waals surface area contributed by atoms with E-state index in [9.17, 15) is 14.4 Å². The predicted molar refractivity (Wildman–Crippen MR) is 65.9 cm³/mol. The highest BCUT2D eigenvalue weighted by Gasteiger charge is 2.17. The number of carboxylic acid groups (broad SMARTS) is 1. The summed E-state index contributed by atoms with van der Waals surface area (Å²) >= 11 is 1.58. The number of aliphatic carboxylic acids is 1. The quantitative estimate of drug-likeness (QED) is 0.629. The fourth-order valence-electron chi connectivity index (χ4n) is 0.710. The molecule has 0 aliphatic heterocycles. The van der Waals surface area contributed by atoms with Crippen LogP contribution >= 0.6 is 11.8 Å². The van der Waals surface area contributed by atoms with E-state index in [1.54, 1.807) is 11.8 Å². The highest BCUT2D eigenvalue weighted by molar-refractivity contribution is 7.99. The average molecular weight is 260 g/mol. The van der Waals surface area contributed by atoms with Crippen LogP contribution in [0.3, 0.4) is 0 Å². The molecule has 3 amide bonds. The first-order valence-electron chi connectivity index (χ1n) is 4.82. The molecule has 0 aliphatic rings. The summed E-state index contributed by atoms with van der Waals surface area (Å²) in [6, 6.07) is -0.646. The Kier molecular flexibility index (Phi) is 6.34. The van der Waals surface area contributed by atoms with Crippen LogP contribution in [-0.4, -0.2) is 40.6 Å². The van der Waals surface area contributed by atoms with Gasteiger partial charge in [0.1, 0.15) is 0 Å². The molecule has 0 unspecified atom stereocenters. The third-order valence-electron chi connectivity index (χ3n) is 1.84. The summed E-state index contributed by atoms with van der Waals surface area (Å²) in [5.74, 6) is -2.02. The lowest BCUT2D eigenvalue weighted by Gasteiger charge is -2.21. The van der Waals surface area contributed by atoms with Crippen molar-refractivity contribution in [1.82, 2.24) is 10.6 Å². The molecule has 0 aliphatic carbocycles. The SMILES string of the molecule is CSC(C)(C)CNC(=O)NC(=O)/C=C/C(=O)O. The van der Waals surface area contributed by atoms with Crippen LogP contribution < -0.4 is 10.6 Å². The molecule has 3 N–H and O–H groups in total. The Morgan fingerprint density at radius 1 is 1.29 bits per heavy atom. The summed E-state index contributed by atoms with van der Waals surface area (Å²) in [4.78, 5) is 32.4. The number of amides is 3. The van der Waals surface area contributed by atoms with Gasteiger partial charge in [0.25, 0.3) is 5.91 Å². The van der Waals surface area contributed by atoms with Gasteiger partial charge in [-0.15, -0.1) is 0 Å². The molecule has 0 heterocycles. The monoisotopic (exact) mass is 260 g/mol. The number of urea groups is 1. The summed E-state index contributed by atoms with van der Waals surface area (Å²) in [6.45, 7) is 4.30. The lowest BCUT2D eigenvalue weighted by atomic mass is 10.2. The van der Waals surface area contributed by atoms with Gasteiger partial charge in [0, 0.05) is 23.4 Å². The van der Waals surface area contributed by atoms with Gasteiger partial charge in [-0.3, -0.25) is 10.1 Å². The van der Waals surface area contributed by atoms with Crippen LogP contribution in [0.1, 0.15) is 13.8 Å². The number of imide groups is 1. The summed E-state index contributed by atoms with van der Waals surface area (Å²) in [5, 5.41) is 12.8. The maximum absolute atomic E-state index is 11.2. The molecule has 0 bridgehead atoms. The number of carboxylic acids is 1. The van der Waals surface area contributed by atoms with Crippen molar-refractivity contribution in [1.29, 1.82) is 0 Å². The van der Waals surface area contributed by atoms with Gasteiger partial charge in [-0.25, -0.2) is 9.59 Å². The maximum atomic E-state index is 11.2.